The Bertz CT molecular complexity index is 376. The van der Waals surface area contributed by atoms with Crippen LogP contribution < -0.4 is 0 Å². The molecular formula is C10H8F4O2. The number of carboxylic acid groups (broad SMARTS) is 1. The summed E-state index contributed by atoms with van der Waals surface area (Å²) in [6.45, 7) is 0. The fraction of sp³-hybridized carbons (Fsp3) is 0.300. The van der Waals surface area contributed by atoms with Crippen LogP contribution in [0.5, 0.6) is 0 Å². The van der Waals surface area contributed by atoms with Gasteiger partial charge in [-0.15, -0.1) is 0 Å². The Kier molecular flexibility index (Phi) is 3.21. The Morgan fingerprint density at radius 2 is 1.62 bits per heavy atom. The molecule has 1 rings (SSSR count). The van der Waals surface area contributed by atoms with Crippen molar-refractivity contribution in [3.05, 3.63) is 35.9 Å². The van der Waals surface area contributed by atoms with E-state index in [2.05, 4.69) is 0 Å². The molecule has 0 radical (unpaired) electrons. The summed E-state index contributed by atoms with van der Waals surface area (Å²) in [6.07, 6.45) is -1.91. The number of carboxylic acids is 1. The topological polar surface area (TPSA) is 37.3 Å². The van der Waals surface area contributed by atoms with Crippen molar-refractivity contribution in [1.82, 2.24) is 0 Å². The molecular weight excluding hydrogens is 228 g/mol. The minimum Gasteiger partial charge on any atom is -0.481 e. The maximum absolute atomic E-state index is 13.3. The number of hydrogen-bond donors (Lipinski definition) is 1. The maximum Gasteiger partial charge on any atom is 0.335 e. The van der Waals surface area contributed by atoms with Crippen LogP contribution in [0.1, 0.15) is 12.0 Å². The summed E-state index contributed by atoms with van der Waals surface area (Å²) in [4.78, 5) is 10.1. The first-order valence-corrected chi connectivity index (χ1v) is 4.30. The van der Waals surface area contributed by atoms with Gasteiger partial charge in [0, 0.05) is 5.56 Å². The fourth-order valence-corrected chi connectivity index (χ4v) is 1.16. The third kappa shape index (κ3) is 2.32. The van der Waals surface area contributed by atoms with Crippen molar-refractivity contribution in [2.24, 2.45) is 0 Å². The highest BCUT2D eigenvalue weighted by atomic mass is 19.3. The minimum absolute atomic E-state index is 0.829. The lowest BCUT2D eigenvalue weighted by Gasteiger charge is -2.25. The van der Waals surface area contributed by atoms with Crippen LogP contribution in [0.2, 0.25) is 0 Å². The van der Waals surface area contributed by atoms with Gasteiger partial charge in [-0.3, -0.25) is 4.79 Å². The zero-order chi connectivity index (χ0) is 12.4. The van der Waals surface area contributed by atoms with E-state index in [1.54, 1.807) is 0 Å². The van der Waals surface area contributed by atoms with Crippen LogP contribution in [0.3, 0.4) is 0 Å². The molecule has 6 heteroatoms. The molecule has 88 valence electrons. The van der Waals surface area contributed by atoms with E-state index in [0.29, 0.717) is 0 Å². The van der Waals surface area contributed by atoms with E-state index in [1.165, 1.54) is 18.2 Å². The van der Waals surface area contributed by atoms with Gasteiger partial charge in [-0.1, -0.05) is 30.3 Å². The third-order valence-corrected chi connectivity index (χ3v) is 1.97. The molecule has 0 atom stereocenters. The quantitative estimate of drug-likeness (QED) is 0.816. The predicted octanol–water partition coefficient (Wildman–Crippen LogP) is 2.89. The Morgan fingerprint density at radius 3 is 2.06 bits per heavy atom. The largest absolute Gasteiger partial charge is 0.481 e. The summed E-state index contributed by atoms with van der Waals surface area (Å²) in [5.74, 6) is -11.1. The van der Waals surface area contributed by atoms with Crippen molar-refractivity contribution in [2.75, 3.05) is 0 Å². The summed E-state index contributed by atoms with van der Waals surface area (Å²) < 4.78 is 52.6. The van der Waals surface area contributed by atoms with Crippen molar-refractivity contribution in [3.8, 4) is 0 Å². The zero-order valence-electron chi connectivity index (χ0n) is 7.96. The number of carbonyl (C=O) groups is 1. The molecule has 0 saturated carbocycles. The predicted molar refractivity (Wildman–Crippen MR) is 47.5 cm³/mol. The molecule has 1 aromatic rings. The monoisotopic (exact) mass is 236 g/mol. The van der Waals surface area contributed by atoms with Gasteiger partial charge in [-0.2, -0.15) is 17.6 Å². The summed E-state index contributed by atoms with van der Waals surface area (Å²) in [7, 11) is 0. The number of rotatable bonds is 4. The van der Waals surface area contributed by atoms with Crippen molar-refractivity contribution < 1.29 is 27.5 Å². The SMILES string of the molecule is O=C(O)CC(F)(F)C(F)(F)c1ccccc1. The smallest absolute Gasteiger partial charge is 0.335 e. The van der Waals surface area contributed by atoms with Gasteiger partial charge in [-0.25, -0.2) is 0 Å². The number of benzene rings is 1. The lowest BCUT2D eigenvalue weighted by molar-refractivity contribution is -0.222. The van der Waals surface area contributed by atoms with E-state index in [1.807, 2.05) is 0 Å². The van der Waals surface area contributed by atoms with Crippen LogP contribution in [0, 0.1) is 0 Å². The number of aliphatic carboxylic acids is 1. The highest BCUT2D eigenvalue weighted by Gasteiger charge is 2.58. The van der Waals surface area contributed by atoms with Crippen LogP contribution in [-0.2, 0) is 10.7 Å². The molecule has 0 aliphatic carbocycles. The first kappa shape index (κ1) is 12.5. The fourth-order valence-electron chi connectivity index (χ4n) is 1.16. The Hall–Kier alpha value is -1.59. The van der Waals surface area contributed by atoms with E-state index in [-0.39, 0.29) is 0 Å². The van der Waals surface area contributed by atoms with Crippen LogP contribution in [0.4, 0.5) is 17.6 Å². The Balaban J connectivity index is 3.05. The highest BCUT2D eigenvalue weighted by molar-refractivity contribution is 5.68. The van der Waals surface area contributed by atoms with Crippen molar-refractivity contribution in [1.29, 1.82) is 0 Å². The van der Waals surface area contributed by atoms with Crippen molar-refractivity contribution >= 4 is 5.97 Å². The minimum atomic E-state index is -4.61. The summed E-state index contributed by atoms with van der Waals surface area (Å²) in [5.41, 5.74) is -0.902. The molecule has 1 N–H and O–H groups in total. The normalized spacial score (nSPS) is 12.5. The van der Waals surface area contributed by atoms with E-state index in [4.69, 9.17) is 5.11 Å². The maximum atomic E-state index is 13.3. The van der Waals surface area contributed by atoms with E-state index in [0.717, 1.165) is 12.1 Å². The molecule has 0 heterocycles. The second-order valence-electron chi connectivity index (χ2n) is 3.22. The standard InChI is InChI=1S/C10H8F4O2/c11-9(12,6-8(15)16)10(13,14)7-4-2-1-3-5-7/h1-5H,6H2,(H,15,16). The first-order chi connectivity index (χ1) is 7.27. The van der Waals surface area contributed by atoms with E-state index < -0.39 is 29.8 Å². The molecule has 0 spiro atoms. The second-order valence-corrected chi connectivity index (χ2v) is 3.22. The molecule has 0 saturated heterocycles. The van der Waals surface area contributed by atoms with Gasteiger partial charge in [0.15, 0.2) is 0 Å². The highest BCUT2D eigenvalue weighted by Crippen LogP contribution is 2.44. The van der Waals surface area contributed by atoms with Crippen LogP contribution in [0.15, 0.2) is 30.3 Å². The number of alkyl halides is 4. The van der Waals surface area contributed by atoms with Gasteiger partial charge < -0.3 is 5.11 Å². The molecule has 0 aromatic heterocycles. The lowest BCUT2D eigenvalue weighted by atomic mass is 10.00. The molecule has 1 aromatic carbocycles. The molecule has 2 nitrogen and oxygen atoms in total. The summed E-state index contributed by atoms with van der Waals surface area (Å²) in [6, 6.07) is 5.42. The summed E-state index contributed by atoms with van der Waals surface area (Å²) >= 11 is 0. The molecule has 0 bridgehead atoms. The van der Waals surface area contributed by atoms with Gasteiger partial charge in [0.25, 0.3) is 0 Å². The number of halogens is 4. The van der Waals surface area contributed by atoms with Crippen LogP contribution in [-0.4, -0.2) is 17.0 Å². The molecule has 0 fully saturated rings. The van der Waals surface area contributed by atoms with Gasteiger partial charge in [0.2, 0.25) is 0 Å². The van der Waals surface area contributed by atoms with Crippen molar-refractivity contribution in [2.45, 2.75) is 18.3 Å². The third-order valence-electron chi connectivity index (χ3n) is 1.97. The molecule has 16 heavy (non-hydrogen) atoms. The van der Waals surface area contributed by atoms with Crippen LogP contribution >= 0.6 is 0 Å². The second kappa shape index (κ2) is 4.11. The molecule has 0 aliphatic heterocycles. The zero-order valence-corrected chi connectivity index (χ0v) is 7.96. The number of hydrogen-bond acceptors (Lipinski definition) is 1. The van der Waals surface area contributed by atoms with Gasteiger partial charge in [-0.05, 0) is 0 Å². The first-order valence-electron chi connectivity index (χ1n) is 4.30. The Morgan fingerprint density at radius 1 is 1.12 bits per heavy atom. The molecule has 0 aliphatic rings. The molecule has 0 unspecified atom stereocenters. The van der Waals surface area contributed by atoms with Crippen molar-refractivity contribution in [3.63, 3.8) is 0 Å². The average molecular weight is 236 g/mol. The van der Waals surface area contributed by atoms with Gasteiger partial charge in [0.1, 0.15) is 6.42 Å². The lowest BCUT2D eigenvalue weighted by Crippen LogP contribution is -2.39. The van der Waals surface area contributed by atoms with E-state index in [9.17, 15) is 22.4 Å². The van der Waals surface area contributed by atoms with E-state index >= 15 is 0 Å². The van der Waals surface area contributed by atoms with Gasteiger partial charge in [0.05, 0.1) is 0 Å². The molecule has 0 amide bonds. The van der Waals surface area contributed by atoms with Gasteiger partial charge >= 0.3 is 17.8 Å². The Labute approximate surface area is 88.5 Å². The van der Waals surface area contributed by atoms with Crippen LogP contribution in [0.25, 0.3) is 0 Å². The average Bonchev–Trinajstić information content (AvgIpc) is 2.17. The summed E-state index contributed by atoms with van der Waals surface area (Å²) in [5, 5.41) is 8.15.